The van der Waals surface area contributed by atoms with Gasteiger partial charge in [-0.15, -0.1) is 0 Å². The van der Waals surface area contributed by atoms with Gasteiger partial charge in [0.25, 0.3) is 0 Å². The minimum absolute atomic E-state index is 0.0460. The van der Waals surface area contributed by atoms with Crippen molar-refractivity contribution in [3.63, 3.8) is 0 Å². The zero-order chi connectivity index (χ0) is 21.2. The summed E-state index contributed by atoms with van der Waals surface area (Å²) in [5.74, 6) is 0.0460. The van der Waals surface area contributed by atoms with E-state index < -0.39 is 0 Å². The Hall–Kier alpha value is -0.840. The van der Waals surface area contributed by atoms with Crippen LogP contribution in [-0.2, 0) is 11.3 Å². The predicted molar refractivity (Wildman–Crippen MR) is 127 cm³/mol. The number of nitrogens with zero attached hydrogens (tertiary/aromatic N) is 2. The number of hydrogen-bond donors (Lipinski definition) is 1. The van der Waals surface area contributed by atoms with Crippen molar-refractivity contribution in [3.8, 4) is 0 Å². The van der Waals surface area contributed by atoms with Gasteiger partial charge in [-0.2, -0.15) is 5.10 Å². The summed E-state index contributed by atoms with van der Waals surface area (Å²) in [7, 11) is 0. The molecule has 1 rings (SSSR count). The van der Waals surface area contributed by atoms with Crippen LogP contribution >= 0.6 is 15.9 Å². The topological polar surface area (TPSA) is 46.9 Å². The molecule has 1 amide bonds. The molecule has 1 heterocycles. The first kappa shape index (κ1) is 26.2. The zero-order valence-corrected chi connectivity index (χ0v) is 20.6. The molecule has 0 aromatic carbocycles. The van der Waals surface area contributed by atoms with Crippen LogP contribution in [0.15, 0.2) is 10.7 Å². The second kappa shape index (κ2) is 18.0. The van der Waals surface area contributed by atoms with Gasteiger partial charge in [0.2, 0.25) is 5.91 Å². The van der Waals surface area contributed by atoms with Crippen molar-refractivity contribution in [2.24, 2.45) is 0 Å². The van der Waals surface area contributed by atoms with E-state index in [-0.39, 0.29) is 5.91 Å². The quantitative estimate of drug-likeness (QED) is 0.215. The molecular weight excluding hydrogens is 426 g/mol. The maximum atomic E-state index is 11.9. The molecule has 0 fully saturated rings. The molecule has 29 heavy (non-hydrogen) atoms. The van der Waals surface area contributed by atoms with Crippen LogP contribution in [0.5, 0.6) is 0 Å². The Bertz CT molecular complexity index is 530. The molecule has 0 atom stereocenters. The van der Waals surface area contributed by atoms with Crippen LogP contribution in [-0.4, -0.2) is 22.2 Å². The summed E-state index contributed by atoms with van der Waals surface area (Å²) < 4.78 is 2.68. The maximum Gasteiger partial charge on any atom is 0.241 e. The van der Waals surface area contributed by atoms with Crippen LogP contribution in [0.2, 0.25) is 0 Å². The van der Waals surface area contributed by atoms with Crippen LogP contribution in [0.3, 0.4) is 0 Å². The largest absolute Gasteiger partial charge is 0.354 e. The smallest absolute Gasteiger partial charge is 0.241 e. The van der Waals surface area contributed by atoms with Crippen molar-refractivity contribution < 1.29 is 4.79 Å². The second-order valence-corrected chi connectivity index (χ2v) is 9.24. The van der Waals surface area contributed by atoms with Gasteiger partial charge in [0.1, 0.15) is 6.54 Å². The lowest BCUT2D eigenvalue weighted by atomic mass is 10.0. The van der Waals surface area contributed by atoms with Gasteiger partial charge in [0, 0.05) is 6.54 Å². The molecule has 0 radical (unpaired) electrons. The van der Waals surface area contributed by atoms with Crippen molar-refractivity contribution in [2.75, 3.05) is 6.54 Å². The fourth-order valence-electron chi connectivity index (χ4n) is 3.68. The summed E-state index contributed by atoms with van der Waals surface area (Å²) in [6.07, 6.45) is 23.7. The minimum atomic E-state index is 0.0460. The zero-order valence-electron chi connectivity index (χ0n) is 19.0. The number of nitrogens with one attached hydrogen (secondary N) is 1. The van der Waals surface area contributed by atoms with Crippen LogP contribution in [0, 0.1) is 6.92 Å². The van der Waals surface area contributed by atoms with Crippen molar-refractivity contribution >= 4 is 21.8 Å². The number of hydrogen-bond acceptors (Lipinski definition) is 2. The predicted octanol–water partition coefficient (Wildman–Crippen LogP) is 7.33. The molecule has 5 heteroatoms. The van der Waals surface area contributed by atoms with E-state index in [0.717, 1.165) is 23.1 Å². The Morgan fingerprint density at radius 3 is 1.72 bits per heavy atom. The molecule has 0 aliphatic heterocycles. The van der Waals surface area contributed by atoms with Gasteiger partial charge in [-0.1, -0.05) is 103 Å². The Balaban J connectivity index is 1.79. The van der Waals surface area contributed by atoms with E-state index in [1.165, 1.54) is 96.3 Å². The minimum Gasteiger partial charge on any atom is -0.354 e. The summed E-state index contributed by atoms with van der Waals surface area (Å²) in [5, 5.41) is 7.19. The standard InChI is InChI=1S/C24H44BrN3O/c1-3-4-5-6-7-8-9-10-11-12-13-14-15-16-17-18-19-26-24(29)21-28-22(2)23(25)20-27-28/h20H,3-19,21H2,1-2H3,(H,26,29). The molecule has 1 aromatic rings. The fraction of sp³-hybridized carbons (Fsp3) is 0.833. The number of halogens is 1. The third-order valence-corrected chi connectivity index (χ3v) is 6.47. The van der Waals surface area contributed by atoms with Crippen molar-refractivity contribution in [3.05, 3.63) is 16.4 Å². The Labute approximate surface area is 187 Å². The van der Waals surface area contributed by atoms with Crippen LogP contribution in [0.1, 0.15) is 115 Å². The van der Waals surface area contributed by atoms with Crippen molar-refractivity contribution in [1.29, 1.82) is 0 Å². The lowest BCUT2D eigenvalue weighted by Crippen LogP contribution is -2.29. The first-order valence-corrected chi connectivity index (χ1v) is 12.9. The first-order valence-electron chi connectivity index (χ1n) is 12.1. The second-order valence-electron chi connectivity index (χ2n) is 8.39. The normalized spacial score (nSPS) is 11.1. The number of carbonyl (C=O) groups excluding carboxylic acids is 1. The SMILES string of the molecule is CCCCCCCCCCCCCCCCCCNC(=O)Cn1ncc(Br)c1C. The average molecular weight is 471 g/mol. The van der Waals surface area contributed by atoms with Gasteiger partial charge in [-0.05, 0) is 29.3 Å². The van der Waals surface area contributed by atoms with Crippen molar-refractivity contribution in [1.82, 2.24) is 15.1 Å². The van der Waals surface area contributed by atoms with Crippen LogP contribution in [0.4, 0.5) is 0 Å². The number of aromatic nitrogens is 2. The third-order valence-electron chi connectivity index (χ3n) is 5.69. The Morgan fingerprint density at radius 1 is 0.862 bits per heavy atom. The first-order chi connectivity index (χ1) is 14.1. The molecule has 0 saturated carbocycles. The molecule has 1 aromatic heterocycles. The van der Waals surface area contributed by atoms with Gasteiger partial charge in [0.05, 0.1) is 16.4 Å². The Morgan fingerprint density at radius 2 is 1.31 bits per heavy atom. The number of carbonyl (C=O) groups is 1. The number of amides is 1. The summed E-state index contributed by atoms with van der Waals surface area (Å²) in [4.78, 5) is 11.9. The van der Waals surface area contributed by atoms with Gasteiger partial charge < -0.3 is 5.32 Å². The van der Waals surface area contributed by atoms with Crippen molar-refractivity contribution in [2.45, 2.75) is 123 Å². The highest BCUT2D eigenvalue weighted by Crippen LogP contribution is 2.14. The lowest BCUT2D eigenvalue weighted by molar-refractivity contribution is -0.121. The molecule has 168 valence electrons. The van der Waals surface area contributed by atoms with E-state index in [1.807, 2.05) is 6.92 Å². The van der Waals surface area contributed by atoms with E-state index in [1.54, 1.807) is 10.9 Å². The summed E-state index contributed by atoms with van der Waals surface area (Å²) in [6.45, 7) is 5.32. The number of rotatable bonds is 19. The molecule has 0 saturated heterocycles. The summed E-state index contributed by atoms with van der Waals surface area (Å²) >= 11 is 3.42. The Kier molecular flexibility index (Phi) is 16.2. The van der Waals surface area contributed by atoms with E-state index in [2.05, 4.69) is 33.3 Å². The highest BCUT2D eigenvalue weighted by atomic mass is 79.9. The van der Waals surface area contributed by atoms with Gasteiger partial charge >= 0.3 is 0 Å². The fourth-order valence-corrected chi connectivity index (χ4v) is 3.97. The monoisotopic (exact) mass is 469 g/mol. The molecule has 0 aliphatic carbocycles. The molecule has 1 N–H and O–H groups in total. The summed E-state index contributed by atoms with van der Waals surface area (Å²) in [5.41, 5.74) is 0.988. The van der Waals surface area contributed by atoms with E-state index in [0.29, 0.717) is 6.54 Å². The molecule has 0 unspecified atom stereocenters. The van der Waals surface area contributed by atoms with E-state index in [9.17, 15) is 4.79 Å². The summed E-state index contributed by atoms with van der Waals surface area (Å²) in [6, 6.07) is 0. The van der Waals surface area contributed by atoms with Gasteiger partial charge in [-0.3, -0.25) is 9.48 Å². The molecular formula is C24H44BrN3O. The van der Waals surface area contributed by atoms with Crippen LogP contribution < -0.4 is 5.32 Å². The maximum absolute atomic E-state index is 11.9. The number of unbranched alkanes of at least 4 members (excludes halogenated alkanes) is 15. The molecule has 0 bridgehead atoms. The van der Waals surface area contributed by atoms with Gasteiger partial charge in [-0.25, -0.2) is 0 Å². The third kappa shape index (κ3) is 13.9. The highest BCUT2D eigenvalue weighted by molar-refractivity contribution is 9.10. The average Bonchev–Trinajstić information content (AvgIpc) is 3.02. The molecule has 0 spiro atoms. The molecule has 4 nitrogen and oxygen atoms in total. The van der Waals surface area contributed by atoms with E-state index >= 15 is 0 Å². The lowest BCUT2D eigenvalue weighted by Gasteiger charge is -2.07. The molecule has 0 aliphatic rings. The van der Waals surface area contributed by atoms with Crippen LogP contribution in [0.25, 0.3) is 0 Å². The van der Waals surface area contributed by atoms with Gasteiger partial charge in [0.15, 0.2) is 0 Å². The van der Waals surface area contributed by atoms with E-state index in [4.69, 9.17) is 0 Å². The highest BCUT2D eigenvalue weighted by Gasteiger charge is 2.07.